The van der Waals surface area contributed by atoms with Gasteiger partial charge >= 0.3 is 11.5 Å². The van der Waals surface area contributed by atoms with Gasteiger partial charge in [-0.2, -0.15) is 14.1 Å². The van der Waals surface area contributed by atoms with Crippen LogP contribution in [-0.4, -0.2) is 79.1 Å². The second kappa shape index (κ2) is 8.03. The van der Waals surface area contributed by atoms with Crippen LogP contribution in [0.2, 0.25) is 0 Å². The van der Waals surface area contributed by atoms with Crippen molar-refractivity contribution in [3.63, 3.8) is 0 Å². The molecule has 168 valence electrons. The number of aromatic nitrogens is 4. The molecule has 0 aromatic carbocycles. The summed E-state index contributed by atoms with van der Waals surface area (Å²) in [5.74, 6) is -1.41. The Labute approximate surface area is 176 Å². The molecule has 1 amide bonds. The van der Waals surface area contributed by atoms with Crippen LogP contribution in [-0.2, 0) is 28.4 Å². The number of carbonyl (C=O) groups is 1. The maximum absolute atomic E-state index is 12.8. The van der Waals surface area contributed by atoms with E-state index in [1.807, 2.05) is 0 Å². The van der Waals surface area contributed by atoms with Gasteiger partial charge in [-0.3, -0.25) is 19.6 Å². The molecule has 0 atom stereocenters. The van der Waals surface area contributed by atoms with Crippen molar-refractivity contribution in [1.82, 2.24) is 28.8 Å². The summed E-state index contributed by atoms with van der Waals surface area (Å²) >= 11 is 0. The van der Waals surface area contributed by atoms with Gasteiger partial charge in [-0.15, -0.1) is 0 Å². The molecule has 1 aliphatic rings. The fraction of sp³-hybridized carbons (Fsp3) is 0.533. The number of aryl methyl sites for hydroxylation is 1. The topological polar surface area (TPSA) is 180 Å². The number of nitro groups is 2. The van der Waals surface area contributed by atoms with Crippen molar-refractivity contribution in [3.05, 3.63) is 37.8 Å². The van der Waals surface area contributed by atoms with Crippen molar-refractivity contribution in [2.75, 3.05) is 26.2 Å². The highest BCUT2D eigenvalue weighted by Crippen LogP contribution is 2.29. The average Bonchev–Trinajstić information content (AvgIpc) is 3.22. The lowest BCUT2D eigenvalue weighted by Crippen LogP contribution is -2.51. The van der Waals surface area contributed by atoms with E-state index in [-0.39, 0.29) is 36.8 Å². The van der Waals surface area contributed by atoms with Crippen LogP contribution in [0.3, 0.4) is 0 Å². The van der Waals surface area contributed by atoms with Crippen molar-refractivity contribution in [1.29, 1.82) is 0 Å². The van der Waals surface area contributed by atoms with Crippen molar-refractivity contribution >= 4 is 27.4 Å². The molecule has 0 bridgehead atoms. The summed E-state index contributed by atoms with van der Waals surface area (Å²) in [5.41, 5.74) is -0.380. The Hall–Kier alpha value is -3.40. The van der Waals surface area contributed by atoms with E-state index in [0.717, 1.165) is 4.68 Å². The molecule has 3 rings (SSSR count). The van der Waals surface area contributed by atoms with Gasteiger partial charge in [0.1, 0.15) is 17.1 Å². The normalized spacial score (nSPS) is 15.3. The lowest BCUT2D eigenvalue weighted by molar-refractivity contribution is -0.424. The zero-order valence-electron chi connectivity index (χ0n) is 17.0. The number of amides is 1. The first-order valence-corrected chi connectivity index (χ1v) is 10.5. The number of carbonyl (C=O) groups excluding carboxylic acids is 1. The van der Waals surface area contributed by atoms with Gasteiger partial charge in [-0.25, -0.2) is 8.42 Å². The van der Waals surface area contributed by atoms with Gasteiger partial charge in [-0.1, -0.05) is 0 Å². The first kappa shape index (κ1) is 22.3. The average molecular weight is 456 g/mol. The van der Waals surface area contributed by atoms with Crippen LogP contribution in [0, 0.1) is 34.1 Å². The fourth-order valence-corrected chi connectivity index (χ4v) is 4.90. The SMILES string of the molecule is Cc1c(S(=O)(=O)N2CCN(C(=O)Cn3nc([N+](=O)[O-])c([N+](=O)[O-])c3C)CC2)cnn1C. The highest BCUT2D eigenvalue weighted by atomic mass is 32.2. The Morgan fingerprint density at radius 3 is 2.16 bits per heavy atom. The largest absolute Gasteiger partial charge is 0.468 e. The molecule has 1 aliphatic heterocycles. The molecular weight excluding hydrogens is 436 g/mol. The van der Waals surface area contributed by atoms with E-state index in [2.05, 4.69) is 10.2 Å². The van der Waals surface area contributed by atoms with Crippen LogP contribution < -0.4 is 0 Å². The molecule has 2 aromatic heterocycles. The molecule has 1 fully saturated rings. The first-order chi connectivity index (χ1) is 14.4. The maximum Gasteiger partial charge on any atom is 0.468 e. The predicted molar refractivity (Wildman–Crippen MR) is 104 cm³/mol. The van der Waals surface area contributed by atoms with Gasteiger partial charge in [0.25, 0.3) is 0 Å². The molecule has 0 aliphatic carbocycles. The number of nitrogens with zero attached hydrogens (tertiary/aromatic N) is 8. The van der Waals surface area contributed by atoms with E-state index < -0.39 is 43.8 Å². The zero-order valence-corrected chi connectivity index (χ0v) is 17.8. The molecular formula is C15H20N8O7S. The summed E-state index contributed by atoms with van der Waals surface area (Å²) in [6.45, 7) is 2.79. The Kier molecular flexibility index (Phi) is 5.77. The summed E-state index contributed by atoms with van der Waals surface area (Å²) < 4.78 is 29.3. The van der Waals surface area contributed by atoms with E-state index in [0.29, 0.717) is 5.69 Å². The smallest absolute Gasteiger partial charge is 0.358 e. The minimum absolute atomic E-state index is 0.0563. The van der Waals surface area contributed by atoms with Crippen LogP contribution in [0.15, 0.2) is 11.1 Å². The third-order valence-electron chi connectivity index (χ3n) is 5.20. The number of sulfonamides is 1. The van der Waals surface area contributed by atoms with Crippen LogP contribution in [0.25, 0.3) is 0 Å². The molecule has 3 heterocycles. The molecule has 1 saturated heterocycles. The first-order valence-electron chi connectivity index (χ1n) is 9.07. The zero-order chi connectivity index (χ0) is 23.1. The van der Waals surface area contributed by atoms with E-state index in [4.69, 9.17) is 0 Å². The summed E-state index contributed by atoms with van der Waals surface area (Å²) in [5, 5.41) is 29.7. The molecule has 0 saturated carbocycles. The second-order valence-corrected chi connectivity index (χ2v) is 8.84. The molecule has 31 heavy (non-hydrogen) atoms. The molecule has 2 aromatic rings. The van der Waals surface area contributed by atoms with Gasteiger partial charge in [0.05, 0.1) is 21.9 Å². The number of hydrogen-bond donors (Lipinski definition) is 0. The lowest BCUT2D eigenvalue weighted by atomic mass is 10.3. The Morgan fingerprint density at radius 1 is 1.10 bits per heavy atom. The van der Waals surface area contributed by atoms with Gasteiger partial charge in [0.15, 0.2) is 0 Å². The van der Waals surface area contributed by atoms with E-state index >= 15 is 0 Å². The minimum Gasteiger partial charge on any atom is -0.358 e. The molecule has 15 nitrogen and oxygen atoms in total. The summed E-state index contributed by atoms with van der Waals surface area (Å²) in [4.78, 5) is 34.3. The third-order valence-corrected chi connectivity index (χ3v) is 7.20. The van der Waals surface area contributed by atoms with Gasteiger partial charge in [-0.05, 0) is 18.8 Å². The summed E-state index contributed by atoms with van der Waals surface area (Å²) in [6, 6.07) is 0. The summed E-state index contributed by atoms with van der Waals surface area (Å²) in [6.07, 6.45) is 1.28. The minimum atomic E-state index is -3.76. The second-order valence-electron chi connectivity index (χ2n) is 6.93. The number of hydrogen-bond acceptors (Lipinski definition) is 9. The standard InChI is InChI=1S/C15H20N8O7S/c1-10-12(8-16-18(10)3)31(29,30)20-6-4-19(5-7-20)13(24)9-21-11(2)14(22(25)26)15(17-21)23(27)28/h8H,4-7,9H2,1-3H3. The third kappa shape index (κ3) is 3.98. The van der Waals surface area contributed by atoms with Gasteiger partial charge < -0.3 is 15.0 Å². The summed E-state index contributed by atoms with van der Waals surface area (Å²) in [7, 11) is -2.13. The fourth-order valence-electron chi connectivity index (χ4n) is 3.29. The van der Waals surface area contributed by atoms with Crippen molar-refractivity contribution in [3.8, 4) is 0 Å². The van der Waals surface area contributed by atoms with E-state index in [9.17, 15) is 33.4 Å². The van der Waals surface area contributed by atoms with Crippen LogP contribution >= 0.6 is 0 Å². The van der Waals surface area contributed by atoms with Crippen molar-refractivity contribution < 1.29 is 23.1 Å². The van der Waals surface area contributed by atoms with Crippen LogP contribution in [0.5, 0.6) is 0 Å². The quantitative estimate of drug-likeness (QED) is 0.412. The van der Waals surface area contributed by atoms with Crippen LogP contribution in [0.1, 0.15) is 11.4 Å². The number of piperazine rings is 1. The molecule has 0 radical (unpaired) electrons. The molecule has 0 spiro atoms. The number of rotatable bonds is 6. The molecule has 16 heteroatoms. The Bertz CT molecular complexity index is 1160. The highest BCUT2D eigenvalue weighted by molar-refractivity contribution is 7.89. The molecule has 0 N–H and O–H groups in total. The van der Waals surface area contributed by atoms with E-state index in [1.54, 1.807) is 14.0 Å². The van der Waals surface area contributed by atoms with Crippen LogP contribution in [0.4, 0.5) is 11.5 Å². The Morgan fingerprint density at radius 2 is 1.71 bits per heavy atom. The van der Waals surface area contributed by atoms with Gasteiger partial charge in [0, 0.05) is 33.2 Å². The molecule has 0 unspecified atom stereocenters. The maximum atomic E-state index is 12.8. The highest BCUT2D eigenvalue weighted by Gasteiger charge is 2.37. The van der Waals surface area contributed by atoms with Crippen molar-refractivity contribution in [2.24, 2.45) is 7.05 Å². The lowest BCUT2D eigenvalue weighted by Gasteiger charge is -2.33. The monoisotopic (exact) mass is 456 g/mol. The Balaban J connectivity index is 1.70. The van der Waals surface area contributed by atoms with Gasteiger partial charge in [0.2, 0.25) is 15.9 Å². The van der Waals surface area contributed by atoms with E-state index in [1.165, 1.54) is 27.0 Å². The van der Waals surface area contributed by atoms with Crippen molar-refractivity contribution in [2.45, 2.75) is 25.3 Å². The predicted octanol–water partition coefficient (Wildman–Crippen LogP) is -0.417.